The van der Waals surface area contributed by atoms with E-state index in [0.29, 0.717) is 31.9 Å². The Morgan fingerprint density at radius 3 is 2.37 bits per heavy atom. The van der Waals surface area contributed by atoms with E-state index < -0.39 is 5.54 Å². The first-order valence-corrected chi connectivity index (χ1v) is 9.40. The smallest absolute Gasteiger partial charge is 0.243 e. The molecule has 1 aliphatic carbocycles. The van der Waals surface area contributed by atoms with Crippen LogP contribution in [0.4, 0.5) is 4.39 Å². The summed E-state index contributed by atoms with van der Waals surface area (Å²) in [5.74, 6) is 0.393. The van der Waals surface area contributed by atoms with E-state index in [-0.39, 0.29) is 41.8 Å². The summed E-state index contributed by atoms with van der Waals surface area (Å²) < 4.78 is 24.6. The first-order chi connectivity index (χ1) is 12.3. The zero-order valence-electron chi connectivity index (χ0n) is 16.2. The van der Waals surface area contributed by atoms with Crippen molar-refractivity contribution in [2.75, 3.05) is 19.7 Å². The molecule has 1 aliphatic heterocycles. The number of halogens is 2. The predicted molar refractivity (Wildman–Crippen MR) is 105 cm³/mol. The van der Waals surface area contributed by atoms with Crippen molar-refractivity contribution in [3.63, 3.8) is 0 Å². The number of piperidine rings is 1. The van der Waals surface area contributed by atoms with Gasteiger partial charge in [0, 0.05) is 44.4 Å². The number of hydrogen-bond acceptors (Lipinski definition) is 4. The van der Waals surface area contributed by atoms with Crippen LogP contribution in [-0.2, 0) is 9.53 Å². The number of hydrogen-bond donors (Lipinski definition) is 1. The quantitative estimate of drug-likeness (QED) is 0.824. The Morgan fingerprint density at radius 1 is 1.26 bits per heavy atom. The zero-order valence-corrected chi connectivity index (χ0v) is 17.1. The minimum Gasteiger partial charge on any atom is -0.490 e. The molecule has 7 heteroatoms. The molecular formula is C20H30ClFN2O3. The predicted octanol–water partition coefficient (Wildman–Crippen LogP) is 3.15. The molecule has 152 valence electrons. The summed E-state index contributed by atoms with van der Waals surface area (Å²) in [7, 11) is 0. The van der Waals surface area contributed by atoms with E-state index in [1.54, 1.807) is 12.1 Å². The maximum Gasteiger partial charge on any atom is 0.243 e. The molecule has 27 heavy (non-hydrogen) atoms. The van der Waals surface area contributed by atoms with Gasteiger partial charge in [0.1, 0.15) is 23.2 Å². The van der Waals surface area contributed by atoms with Crippen molar-refractivity contribution in [3.05, 3.63) is 30.1 Å². The van der Waals surface area contributed by atoms with Gasteiger partial charge < -0.3 is 20.1 Å². The maximum absolute atomic E-state index is 13.0. The van der Waals surface area contributed by atoms with Gasteiger partial charge in [0.15, 0.2) is 0 Å². The molecule has 1 aromatic carbocycles. The van der Waals surface area contributed by atoms with Crippen LogP contribution >= 0.6 is 12.4 Å². The second-order valence-corrected chi connectivity index (χ2v) is 7.90. The standard InChI is InChI=1S/C20H29FN2O3.ClH/c1-4-25-17-13-20(22,19(17,2)3)18(24)23-11-9-16(10-12-23)26-15-7-5-14(21)6-8-15;/h5-8,16-17H,4,9-13,22H2,1-3H3;1H. The van der Waals surface area contributed by atoms with Crippen molar-refractivity contribution in [2.24, 2.45) is 11.1 Å². The third-order valence-electron chi connectivity index (χ3n) is 6.06. The van der Waals surface area contributed by atoms with E-state index in [1.165, 1.54) is 12.1 Å². The van der Waals surface area contributed by atoms with E-state index in [4.69, 9.17) is 15.2 Å². The minimum atomic E-state index is -0.864. The van der Waals surface area contributed by atoms with Gasteiger partial charge in [0.2, 0.25) is 5.91 Å². The maximum atomic E-state index is 13.0. The molecule has 1 heterocycles. The van der Waals surface area contributed by atoms with Crippen LogP contribution in [0.2, 0.25) is 0 Å². The number of likely N-dealkylation sites (tertiary alicyclic amines) is 1. The van der Waals surface area contributed by atoms with Crippen molar-refractivity contribution >= 4 is 18.3 Å². The minimum absolute atomic E-state index is 0. The van der Waals surface area contributed by atoms with E-state index in [0.717, 1.165) is 12.8 Å². The SMILES string of the molecule is CCOC1CC(N)(C(=O)N2CCC(Oc3ccc(F)cc3)CC2)C1(C)C.Cl. The summed E-state index contributed by atoms with van der Waals surface area (Å²) in [6.45, 7) is 7.86. The number of rotatable bonds is 5. The van der Waals surface area contributed by atoms with Crippen molar-refractivity contribution in [3.8, 4) is 5.75 Å². The number of carbonyl (C=O) groups excluding carboxylic acids is 1. The van der Waals surface area contributed by atoms with Gasteiger partial charge in [-0.15, -0.1) is 12.4 Å². The van der Waals surface area contributed by atoms with Gasteiger partial charge in [0.25, 0.3) is 0 Å². The highest BCUT2D eigenvalue weighted by molar-refractivity contribution is 5.89. The van der Waals surface area contributed by atoms with E-state index in [2.05, 4.69) is 0 Å². The Balaban J connectivity index is 0.00000261. The normalized spacial score (nSPS) is 27.4. The summed E-state index contributed by atoms with van der Waals surface area (Å²) in [6, 6.07) is 6.04. The van der Waals surface area contributed by atoms with Gasteiger partial charge in [-0.05, 0) is 31.2 Å². The van der Waals surface area contributed by atoms with Crippen LogP contribution in [0.15, 0.2) is 24.3 Å². The highest BCUT2D eigenvalue weighted by Gasteiger charge is 2.63. The summed E-state index contributed by atoms with van der Waals surface area (Å²) >= 11 is 0. The van der Waals surface area contributed by atoms with E-state index in [9.17, 15) is 9.18 Å². The van der Waals surface area contributed by atoms with Crippen molar-refractivity contribution in [1.29, 1.82) is 0 Å². The van der Waals surface area contributed by atoms with Crippen LogP contribution in [0.5, 0.6) is 5.75 Å². The van der Waals surface area contributed by atoms with Gasteiger partial charge in [-0.25, -0.2) is 4.39 Å². The van der Waals surface area contributed by atoms with Gasteiger partial charge in [-0.2, -0.15) is 0 Å². The Bertz CT molecular complexity index is 647. The molecule has 2 aliphatic rings. The van der Waals surface area contributed by atoms with Crippen LogP contribution in [0.1, 0.15) is 40.0 Å². The van der Waals surface area contributed by atoms with E-state index >= 15 is 0 Å². The van der Waals surface area contributed by atoms with Crippen LogP contribution in [0.25, 0.3) is 0 Å². The molecule has 1 aromatic rings. The molecule has 2 fully saturated rings. The van der Waals surface area contributed by atoms with Crippen LogP contribution in [-0.4, -0.2) is 48.3 Å². The second kappa shape index (κ2) is 8.33. The van der Waals surface area contributed by atoms with E-state index in [1.807, 2.05) is 25.7 Å². The third-order valence-corrected chi connectivity index (χ3v) is 6.06. The Hall–Kier alpha value is -1.37. The number of ether oxygens (including phenoxy) is 2. The van der Waals surface area contributed by atoms with Crippen molar-refractivity contribution < 1.29 is 18.7 Å². The lowest BCUT2D eigenvalue weighted by atomic mass is 9.54. The van der Waals surface area contributed by atoms with Gasteiger partial charge in [-0.1, -0.05) is 13.8 Å². The molecule has 0 bridgehead atoms. The molecule has 2 unspecified atom stereocenters. The number of amides is 1. The topological polar surface area (TPSA) is 64.8 Å². The first kappa shape index (κ1) is 21.9. The molecule has 0 radical (unpaired) electrons. The third kappa shape index (κ3) is 4.08. The van der Waals surface area contributed by atoms with Crippen LogP contribution in [0.3, 0.4) is 0 Å². The fourth-order valence-electron chi connectivity index (χ4n) is 3.96. The lowest BCUT2D eigenvalue weighted by Crippen LogP contribution is -2.76. The van der Waals surface area contributed by atoms with Crippen molar-refractivity contribution in [1.82, 2.24) is 4.90 Å². The molecule has 2 N–H and O–H groups in total. The fourth-order valence-corrected chi connectivity index (χ4v) is 3.96. The fraction of sp³-hybridized carbons (Fsp3) is 0.650. The molecule has 1 saturated carbocycles. The van der Waals surface area contributed by atoms with Crippen LogP contribution < -0.4 is 10.5 Å². The largest absolute Gasteiger partial charge is 0.490 e. The molecule has 0 spiro atoms. The van der Waals surface area contributed by atoms with Crippen molar-refractivity contribution in [2.45, 2.75) is 57.8 Å². The summed E-state index contributed by atoms with van der Waals surface area (Å²) in [5, 5.41) is 0. The average molecular weight is 401 g/mol. The summed E-state index contributed by atoms with van der Waals surface area (Å²) in [5.41, 5.74) is 5.27. The molecule has 1 amide bonds. The highest BCUT2D eigenvalue weighted by atomic mass is 35.5. The first-order valence-electron chi connectivity index (χ1n) is 9.40. The molecule has 2 atom stereocenters. The average Bonchev–Trinajstić information content (AvgIpc) is 2.63. The number of nitrogens with zero attached hydrogens (tertiary/aromatic N) is 1. The highest BCUT2D eigenvalue weighted by Crippen LogP contribution is 2.50. The molecule has 0 aromatic heterocycles. The molecular weight excluding hydrogens is 371 g/mol. The molecule has 1 saturated heterocycles. The Labute approximate surface area is 166 Å². The van der Waals surface area contributed by atoms with Gasteiger partial charge in [-0.3, -0.25) is 4.79 Å². The monoisotopic (exact) mass is 400 g/mol. The van der Waals surface area contributed by atoms with Gasteiger partial charge >= 0.3 is 0 Å². The second-order valence-electron chi connectivity index (χ2n) is 7.90. The number of carbonyl (C=O) groups is 1. The molecule has 3 rings (SSSR count). The van der Waals surface area contributed by atoms with Crippen LogP contribution in [0, 0.1) is 11.2 Å². The number of benzene rings is 1. The lowest BCUT2D eigenvalue weighted by molar-refractivity contribution is -0.180. The summed E-state index contributed by atoms with van der Waals surface area (Å²) in [4.78, 5) is 14.9. The Morgan fingerprint density at radius 2 is 1.85 bits per heavy atom. The Kier molecular flexibility index (Phi) is 6.77. The zero-order chi connectivity index (χ0) is 18.9. The lowest BCUT2D eigenvalue weighted by Gasteiger charge is -2.59. The number of nitrogens with two attached hydrogens (primary N) is 1. The van der Waals surface area contributed by atoms with Gasteiger partial charge in [0.05, 0.1) is 6.10 Å². The molecule has 5 nitrogen and oxygen atoms in total. The summed E-state index contributed by atoms with van der Waals surface area (Å²) in [6.07, 6.45) is 2.12.